The van der Waals surface area contributed by atoms with Crippen LogP contribution in [0.4, 0.5) is 23.4 Å². The van der Waals surface area contributed by atoms with Crippen molar-refractivity contribution in [2.45, 2.75) is 12.6 Å². The number of aromatic nitrogens is 2. The van der Waals surface area contributed by atoms with Gasteiger partial charge in [-0.3, -0.25) is 4.79 Å². The van der Waals surface area contributed by atoms with Gasteiger partial charge in [0.15, 0.2) is 11.5 Å². The van der Waals surface area contributed by atoms with Crippen LogP contribution in [-0.2, 0) is 6.18 Å². The Hall–Kier alpha value is -3.24. The molecule has 2 aromatic rings. The van der Waals surface area contributed by atoms with E-state index in [4.69, 9.17) is 5.11 Å². The molecule has 1 aliphatic rings. The molecule has 1 aliphatic heterocycles. The number of alkyl halides is 3. The third-order valence-corrected chi connectivity index (χ3v) is 4.21. The summed E-state index contributed by atoms with van der Waals surface area (Å²) in [5.74, 6) is -3.33. The van der Waals surface area contributed by atoms with Gasteiger partial charge >= 0.3 is 12.1 Å². The number of anilines is 1. The van der Waals surface area contributed by atoms with Crippen molar-refractivity contribution in [2.75, 3.05) is 24.7 Å². The number of benzene rings is 1. The molecule has 11 heteroatoms. The van der Waals surface area contributed by atoms with Crippen LogP contribution in [0.15, 0.2) is 30.3 Å². The van der Waals surface area contributed by atoms with Crippen LogP contribution in [0.2, 0.25) is 0 Å². The lowest BCUT2D eigenvalue weighted by Gasteiger charge is -2.36. The van der Waals surface area contributed by atoms with Crippen molar-refractivity contribution in [1.29, 1.82) is 0 Å². The first-order valence-corrected chi connectivity index (χ1v) is 8.15. The number of halogens is 4. The highest BCUT2D eigenvalue weighted by molar-refractivity contribution is 5.96. The number of rotatable bonds is 3. The van der Waals surface area contributed by atoms with Gasteiger partial charge in [0.25, 0.3) is 5.91 Å². The van der Waals surface area contributed by atoms with E-state index in [-0.39, 0.29) is 24.7 Å². The summed E-state index contributed by atoms with van der Waals surface area (Å²) in [6, 6.07) is 4.98. The zero-order valence-corrected chi connectivity index (χ0v) is 14.3. The van der Waals surface area contributed by atoms with E-state index >= 15 is 0 Å². The maximum Gasteiger partial charge on any atom is 0.417 e. The molecular weight excluding hydrogens is 384 g/mol. The molecule has 0 spiro atoms. The van der Waals surface area contributed by atoms with Crippen molar-refractivity contribution in [3.05, 3.63) is 53.0 Å². The van der Waals surface area contributed by atoms with E-state index in [0.29, 0.717) is 19.0 Å². The Kier molecular flexibility index (Phi) is 5.16. The molecule has 1 amide bonds. The number of aromatic carboxylic acids is 1. The van der Waals surface area contributed by atoms with Crippen LogP contribution < -0.4 is 4.90 Å². The van der Waals surface area contributed by atoms with Crippen LogP contribution in [0, 0.1) is 5.82 Å². The van der Waals surface area contributed by atoms with E-state index in [0.717, 1.165) is 17.0 Å². The minimum Gasteiger partial charge on any atom is -0.476 e. The maximum absolute atomic E-state index is 14.1. The van der Waals surface area contributed by atoms with Crippen LogP contribution >= 0.6 is 0 Å². The molecule has 1 aromatic heterocycles. The van der Waals surface area contributed by atoms with E-state index < -0.39 is 35.0 Å². The molecule has 7 nitrogen and oxygen atoms in total. The Bertz CT molecular complexity index is 902. The van der Waals surface area contributed by atoms with Gasteiger partial charge < -0.3 is 14.9 Å². The van der Waals surface area contributed by atoms with Gasteiger partial charge in [0.2, 0.25) is 0 Å². The van der Waals surface area contributed by atoms with Crippen molar-refractivity contribution in [3.8, 4) is 0 Å². The molecule has 0 bridgehead atoms. The third kappa shape index (κ3) is 3.87. The van der Waals surface area contributed by atoms with Crippen LogP contribution in [-0.4, -0.2) is 51.8 Å². The van der Waals surface area contributed by atoms with Crippen molar-refractivity contribution in [3.63, 3.8) is 0 Å². The van der Waals surface area contributed by atoms with Gasteiger partial charge in [0.05, 0.1) is 17.8 Å². The first-order valence-electron chi connectivity index (χ1n) is 8.15. The molecule has 0 atom stereocenters. The van der Waals surface area contributed by atoms with Crippen LogP contribution in [0.25, 0.3) is 0 Å². The zero-order chi connectivity index (χ0) is 20.5. The van der Waals surface area contributed by atoms with Crippen molar-refractivity contribution in [2.24, 2.45) is 0 Å². The second-order valence-electron chi connectivity index (χ2n) is 6.07. The fourth-order valence-electron chi connectivity index (χ4n) is 2.90. The van der Waals surface area contributed by atoms with E-state index in [1.54, 1.807) is 4.90 Å². The highest BCUT2D eigenvalue weighted by atomic mass is 19.4. The van der Waals surface area contributed by atoms with E-state index in [2.05, 4.69) is 10.2 Å². The monoisotopic (exact) mass is 398 g/mol. The highest BCUT2D eigenvalue weighted by Crippen LogP contribution is 2.34. The Morgan fingerprint density at radius 2 is 1.82 bits per heavy atom. The number of nitrogens with zero attached hydrogens (tertiary/aromatic N) is 4. The van der Waals surface area contributed by atoms with Gasteiger partial charge in [-0.2, -0.15) is 13.2 Å². The minimum atomic E-state index is -4.87. The Labute approximate surface area is 156 Å². The molecular formula is C17H14F4N4O3. The number of carbonyl (C=O) groups excluding carboxylic acids is 1. The molecule has 0 saturated carbocycles. The first-order chi connectivity index (χ1) is 13.2. The smallest absolute Gasteiger partial charge is 0.417 e. The van der Waals surface area contributed by atoms with Crippen LogP contribution in [0.1, 0.15) is 32.8 Å². The molecule has 0 aliphatic carbocycles. The van der Waals surface area contributed by atoms with Crippen LogP contribution in [0.3, 0.4) is 0 Å². The van der Waals surface area contributed by atoms with E-state index in [1.165, 1.54) is 12.1 Å². The Morgan fingerprint density at radius 1 is 1.07 bits per heavy atom. The first kappa shape index (κ1) is 19.5. The summed E-state index contributed by atoms with van der Waals surface area (Å²) in [6.45, 7) is 0.432. The number of hydrogen-bond donors (Lipinski definition) is 1. The average Bonchev–Trinajstić information content (AvgIpc) is 2.67. The lowest BCUT2D eigenvalue weighted by atomic mass is 10.0. The molecule has 148 valence electrons. The van der Waals surface area contributed by atoms with Gasteiger partial charge in [0, 0.05) is 13.1 Å². The lowest BCUT2D eigenvalue weighted by molar-refractivity contribution is -0.138. The summed E-state index contributed by atoms with van der Waals surface area (Å²) in [4.78, 5) is 26.1. The molecule has 0 unspecified atom stereocenters. The summed E-state index contributed by atoms with van der Waals surface area (Å²) >= 11 is 0. The molecule has 28 heavy (non-hydrogen) atoms. The van der Waals surface area contributed by atoms with Gasteiger partial charge in [-0.05, 0) is 30.7 Å². The molecule has 0 radical (unpaired) electrons. The average molecular weight is 398 g/mol. The molecule has 1 saturated heterocycles. The highest BCUT2D eigenvalue weighted by Gasteiger charge is 2.38. The lowest BCUT2D eigenvalue weighted by Crippen LogP contribution is -2.48. The second-order valence-corrected chi connectivity index (χ2v) is 6.07. The number of carboxylic acid groups (broad SMARTS) is 1. The largest absolute Gasteiger partial charge is 0.476 e. The van der Waals surface area contributed by atoms with Gasteiger partial charge in [-0.15, -0.1) is 10.2 Å². The normalized spacial score (nSPS) is 14.9. The minimum absolute atomic E-state index is 0.133. The van der Waals surface area contributed by atoms with Crippen molar-refractivity contribution in [1.82, 2.24) is 15.1 Å². The summed E-state index contributed by atoms with van der Waals surface area (Å²) in [6.07, 6.45) is -4.47. The molecule has 1 aromatic carbocycles. The van der Waals surface area contributed by atoms with Crippen molar-refractivity contribution < 1.29 is 32.3 Å². The predicted molar refractivity (Wildman–Crippen MR) is 88.3 cm³/mol. The Morgan fingerprint density at radius 3 is 2.43 bits per heavy atom. The number of hydrogen-bond acceptors (Lipinski definition) is 5. The number of amides is 1. The summed E-state index contributed by atoms with van der Waals surface area (Å²) in [5.41, 5.74) is -2.63. The topological polar surface area (TPSA) is 86.6 Å². The molecule has 3 rings (SSSR count). The zero-order valence-electron chi connectivity index (χ0n) is 14.3. The van der Waals surface area contributed by atoms with Gasteiger partial charge in [0.1, 0.15) is 5.82 Å². The standard InChI is InChI=1S/C17H14F4N4O3/c18-11-4-1-3-10(17(19,20)21)14(11)15(26)25-8-2-7-24(9-25)13-6-5-12(16(27)28)22-23-13/h1,3-6H,2,7-9H2,(H,27,28). The summed E-state index contributed by atoms with van der Waals surface area (Å²) < 4.78 is 53.6. The Balaban J connectivity index is 1.85. The summed E-state index contributed by atoms with van der Waals surface area (Å²) in [5, 5.41) is 16.2. The molecule has 1 fully saturated rings. The van der Waals surface area contributed by atoms with Crippen LogP contribution in [0.5, 0.6) is 0 Å². The van der Waals surface area contributed by atoms with E-state index in [1.807, 2.05) is 0 Å². The fourth-order valence-corrected chi connectivity index (χ4v) is 2.90. The molecule has 1 N–H and O–H groups in total. The predicted octanol–water partition coefficient (Wildman–Crippen LogP) is 2.64. The quantitative estimate of drug-likeness (QED) is 0.800. The molecule has 2 heterocycles. The fraction of sp³-hybridized carbons (Fsp3) is 0.294. The SMILES string of the molecule is O=C(O)c1ccc(N2CCCN(C(=O)c3c(F)cccc3C(F)(F)F)C2)nn1. The van der Waals surface area contributed by atoms with E-state index in [9.17, 15) is 27.2 Å². The maximum atomic E-state index is 14.1. The summed E-state index contributed by atoms with van der Waals surface area (Å²) in [7, 11) is 0. The van der Waals surface area contributed by atoms with Crippen molar-refractivity contribution >= 4 is 17.7 Å². The number of carboxylic acids is 1. The third-order valence-electron chi connectivity index (χ3n) is 4.21. The van der Waals surface area contributed by atoms with Gasteiger partial charge in [-0.1, -0.05) is 6.07 Å². The van der Waals surface area contributed by atoms with Gasteiger partial charge in [-0.25, -0.2) is 9.18 Å². The second kappa shape index (κ2) is 7.41. The number of carbonyl (C=O) groups is 2.